The third-order valence-corrected chi connectivity index (χ3v) is 4.52. The van der Waals surface area contributed by atoms with Crippen molar-refractivity contribution in [3.8, 4) is 0 Å². The van der Waals surface area contributed by atoms with Gasteiger partial charge in [-0.05, 0) is 47.1 Å². The second-order valence-corrected chi connectivity index (χ2v) is 6.55. The molecule has 26 heavy (non-hydrogen) atoms. The van der Waals surface area contributed by atoms with E-state index in [1.54, 1.807) is 18.2 Å². The maximum absolute atomic E-state index is 13.1. The zero-order chi connectivity index (χ0) is 18.1. The Morgan fingerprint density at radius 1 is 0.962 bits per heavy atom. The Bertz CT molecular complexity index is 1130. The van der Waals surface area contributed by atoms with Gasteiger partial charge in [0.2, 0.25) is 0 Å². The fraction of sp³-hybridized carbons (Fsp3) is 0.136. The first-order chi connectivity index (χ1) is 12.6. The molecule has 4 rings (SSSR count). The van der Waals surface area contributed by atoms with E-state index in [0.29, 0.717) is 18.7 Å². The van der Waals surface area contributed by atoms with Gasteiger partial charge in [0.05, 0.1) is 0 Å². The Labute approximate surface area is 150 Å². The number of halogens is 1. The molecule has 0 radical (unpaired) electrons. The van der Waals surface area contributed by atoms with Gasteiger partial charge in [-0.15, -0.1) is 0 Å². The monoisotopic (exact) mass is 347 g/mol. The molecule has 0 saturated heterocycles. The molecule has 0 fully saturated rings. The predicted molar refractivity (Wildman–Crippen MR) is 102 cm³/mol. The van der Waals surface area contributed by atoms with Gasteiger partial charge in [0.15, 0.2) is 0 Å². The molecule has 0 unspecified atom stereocenters. The summed E-state index contributed by atoms with van der Waals surface area (Å²) in [4.78, 5) is 14.1. The molecule has 3 aromatic carbocycles. The van der Waals surface area contributed by atoms with E-state index in [1.807, 2.05) is 43.4 Å². The SMILES string of the molecule is CN(Cc1ccc(F)cc1)Cc1cc(=O)oc2ccc3ccccc3c12. The maximum atomic E-state index is 13.1. The zero-order valence-corrected chi connectivity index (χ0v) is 14.4. The lowest BCUT2D eigenvalue weighted by atomic mass is 10.0. The number of benzene rings is 3. The third-order valence-electron chi connectivity index (χ3n) is 4.52. The minimum Gasteiger partial charge on any atom is -0.423 e. The summed E-state index contributed by atoms with van der Waals surface area (Å²) in [5, 5.41) is 3.14. The first-order valence-corrected chi connectivity index (χ1v) is 8.47. The molecule has 1 heterocycles. The van der Waals surface area contributed by atoms with Crippen LogP contribution >= 0.6 is 0 Å². The van der Waals surface area contributed by atoms with Crippen molar-refractivity contribution in [1.82, 2.24) is 4.90 Å². The molecular formula is C22H18FNO2. The van der Waals surface area contributed by atoms with Crippen LogP contribution in [0, 0.1) is 5.82 Å². The fourth-order valence-electron chi connectivity index (χ4n) is 3.39. The Morgan fingerprint density at radius 2 is 1.73 bits per heavy atom. The standard InChI is InChI=1S/C22H18FNO2/c1-24(13-15-6-9-18(23)10-7-15)14-17-12-21(25)26-20-11-8-16-4-2-3-5-19(16)22(17)20/h2-12H,13-14H2,1H3. The van der Waals surface area contributed by atoms with Crippen LogP contribution in [0.2, 0.25) is 0 Å². The smallest absolute Gasteiger partial charge is 0.336 e. The summed E-state index contributed by atoms with van der Waals surface area (Å²) in [5.41, 5.74) is 2.20. The minimum absolute atomic E-state index is 0.241. The second kappa shape index (κ2) is 6.73. The second-order valence-electron chi connectivity index (χ2n) is 6.55. The van der Waals surface area contributed by atoms with Gasteiger partial charge in [0.25, 0.3) is 0 Å². The molecule has 1 aromatic heterocycles. The van der Waals surface area contributed by atoms with E-state index in [9.17, 15) is 9.18 Å². The number of rotatable bonds is 4. The average Bonchev–Trinajstić information content (AvgIpc) is 2.63. The highest BCUT2D eigenvalue weighted by molar-refractivity contribution is 6.07. The van der Waals surface area contributed by atoms with Crippen molar-refractivity contribution in [2.75, 3.05) is 7.05 Å². The predicted octanol–water partition coefficient (Wildman–Crippen LogP) is 4.72. The molecule has 0 aliphatic rings. The van der Waals surface area contributed by atoms with Crippen molar-refractivity contribution in [2.45, 2.75) is 13.1 Å². The summed E-state index contributed by atoms with van der Waals surface area (Å²) in [6, 6.07) is 19.9. The third kappa shape index (κ3) is 3.24. The van der Waals surface area contributed by atoms with E-state index in [-0.39, 0.29) is 11.4 Å². The van der Waals surface area contributed by atoms with E-state index in [1.165, 1.54) is 12.1 Å². The van der Waals surface area contributed by atoms with Crippen LogP contribution in [0.15, 0.2) is 75.9 Å². The van der Waals surface area contributed by atoms with Crippen molar-refractivity contribution in [3.63, 3.8) is 0 Å². The van der Waals surface area contributed by atoms with Crippen molar-refractivity contribution in [2.24, 2.45) is 0 Å². The summed E-state index contributed by atoms with van der Waals surface area (Å²) in [6.07, 6.45) is 0. The quantitative estimate of drug-likeness (QED) is 0.396. The van der Waals surface area contributed by atoms with Crippen molar-refractivity contribution in [3.05, 3.63) is 94.1 Å². The highest BCUT2D eigenvalue weighted by Gasteiger charge is 2.12. The van der Waals surface area contributed by atoms with Gasteiger partial charge in [0, 0.05) is 24.5 Å². The summed E-state index contributed by atoms with van der Waals surface area (Å²) < 4.78 is 18.5. The van der Waals surface area contributed by atoms with Crippen LogP contribution in [0.25, 0.3) is 21.7 Å². The van der Waals surface area contributed by atoms with Crippen molar-refractivity contribution < 1.29 is 8.81 Å². The van der Waals surface area contributed by atoms with Gasteiger partial charge in [0.1, 0.15) is 11.4 Å². The molecule has 0 saturated carbocycles. The number of hydrogen-bond acceptors (Lipinski definition) is 3. The Morgan fingerprint density at radius 3 is 2.54 bits per heavy atom. The molecule has 0 aliphatic heterocycles. The van der Waals surface area contributed by atoms with Crippen LogP contribution in [-0.4, -0.2) is 11.9 Å². The minimum atomic E-state index is -0.349. The molecule has 0 bridgehead atoms. The zero-order valence-electron chi connectivity index (χ0n) is 14.4. The maximum Gasteiger partial charge on any atom is 0.336 e. The molecule has 0 N–H and O–H groups in total. The summed E-state index contributed by atoms with van der Waals surface area (Å²) in [5.74, 6) is -0.241. The van der Waals surface area contributed by atoms with Crippen LogP contribution in [0.5, 0.6) is 0 Å². The van der Waals surface area contributed by atoms with Crippen LogP contribution in [-0.2, 0) is 13.1 Å². The largest absolute Gasteiger partial charge is 0.423 e. The van der Waals surface area contributed by atoms with Crippen LogP contribution < -0.4 is 5.63 Å². The van der Waals surface area contributed by atoms with Gasteiger partial charge < -0.3 is 4.42 Å². The molecule has 0 atom stereocenters. The Kier molecular flexibility index (Phi) is 4.27. The number of nitrogens with zero attached hydrogens (tertiary/aromatic N) is 1. The normalized spacial score (nSPS) is 11.5. The topological polar surface area (TPSA) is 33.5 Å². The Hall–Kier alpha value is -2.98. The van der Waals surface area contributed by atoms with Crippen molar-refractivity contribution in [1.29, 1.82) is 0 Å². The average molecular weight is 347 g/mol. The molecule has 0 spiro atoms. The Balaban J connectivity index is 1.74. The fourth-order valence-corrected chi connectivity index (χ4v) is 3.39. The van der Waals surface area contributed by atoms with E-state index in [0.717, 1.165) is 27.3 Å². The molecule has 4 aromatic rings. The summed E-state index contributed by atoms with van der Waals surface area (Å²) in [6.45, 7) is 1.25. The lowest BCUT2D eigenvalue weighted by Gasteiger charge is -2.18. The first kappa shape index (κ1) is 16.5. The highest BCUT2D eigenvalue weighted by atomic mass is 19.1. The summed E-state index contributed by atoms with van der Waals surface area (Å²) >= 11 is 0. The number of hydrogen-bond donors (Lipinski definition) is 0. The molecule has 3 nitrogen and oxygen atoms in total. The highest BCUT2D eigenvalue weighted by Crippen LogP contribution is 2.28. The van der Waals surface area contributed by atoms with E-state index >= 15 is 0 Å². The van der Waals surface area contributed by atoms with Gasteiger partial charge in [-0.3, -0.25) is 4.90 Å². The lowest BCUT2D eigenvalue weighted by Crippen LogP contribution is -2.18. The molecule has 0 aliphatic carbocycles. The lowest BCUT2D eigenvalue weighted by molar-refractivity contribution is 0.319. The van der Waals surface area contributed by atoms with E-state index < -0.39 is 0 Å². The molecule has 130 valence electrons. The first-order valence-electron chi connectivity index (χ1n) is 8.47. The molecule has 4 heteroatoms. The van der Waals surface area contributed by atoms with E-state index in [4.69, 9.17) is 4.42 Å². The van der Waals surface area contributed by atoms with Crippen LogP contribution in [0.3, 0.4) is 0 Å². The number of fused-ring (bicyclic) bond motifs is 3. The van der Waals surface area contributed by atoms with E-state index in [2.05, 4.69) is 4.90 Å². The van der Waals surface area contributed by atoms with Gasteiger partial charge in [-0.1, -0.05) is 42.5 Å². The van der Waals surface area contributed by atoms with Gasteiger partial charge in [-0.25, -0.2) is 9.18 Å². The van der Waals surface area contributed by atoms with Gasteiger partial charge >= 0.3 is 5.63 Å². The molecule has 0 amide bonds. The van der Waals surface area contributed by atoms with Gasteiger partial charge in [-0.2, -0.15) is 0 Å². The van der Waals surface area contributed by atoms with Crippen LogP contribution in [0.4, 0.5) is 4.39 Å². The van der Waals surface area contributed by atoms with Crippen molar-refractivity contribution >= 4 is 21.7 Å². The summed E-state index contributed by atoms with van der Waals surface area (Å²) in [7, 11) is 1.98. The van der Waals surface area contributed by atoms with Crippen LogP contribution in [0.1, 0.15) is 11.1 Å². The molecular weight excluding hydrogens is 329 g/mol.